The van der Waals surface area contributed by atoms with E-state index in [1.807, 2.05) is 31.7 Å². The number of alkyl halides is 2. The van der Waals surface area contributed by atoms with Crippen LogP contribution in [0.1, 0.15) is 50.7 Å². The molecule has 0 radical (unpaired) electrons. The van der Waals surface area contributed by atoms with Crippen molar-refractivity contribution in [3.8, 4) is 16.6 Å². The maximum atomic E-state index is 13.4. The standard InChI is InChI=1S/C21H24F2N8O2S2/c1-11-9-30(10-12(2)25-11)16-7-13(35(32,33)29-21(3)4-5-21)6-15-17(14(8-24)28-31(15)16)19-26-27-20(34-19)18(22)23/h6-7,11-12,18,25,29H,4-5,9-10H2,1-3H3/t11-,12-/m0/s1. The summed E-state index contributed by atoms with van der Waals surface area (Å²) in [7, 11) is -3.91. The lowest BCUT2D eigenvalue weighted by molar-refractivity contribution is 0.150. The van der Waals surface area contributed by atoms with Gasteiger partial charge in [0.05, 0.1) is 16.0 Å². The highest BCUT2D eigenvalue weighted by molar-refractivity contribution is 7.89. The van der Waals surface area contributed by atoms with Crippen LogP contribution in [0.2, 0.25) is 0 Å². The highest BCUT2D eigenvalue weighted by Gasteiger charge is 2.41. The van der Waals surface area contributed by atoms with Gasteiger partial charge < -0.3 is 10.2 Å². The molecule has 35 heavy (non-hydrogen) atoms. The van der Waals surface area contributed by atoms with Crippen molar-refractivity contribution in [1.29, 1.82) is 5.26 Å². The topological polar surface area (TPSA) is 128 Å². The lowest BCUT2D eigenvalue weighted by Crippen LogP contribution is -2.54. The summed E-state index contributed by atoms with van der Waals surface area (Å²) in [6.45, 7) is 7.06. The molecule has 1 aliphatic heterocycles. The molecule has 10 nitrogen and oxygen atoms in total. The van der Waals surface area contributed by atoms with Crippen LogP contribution in [0.25, 0.3) is 16.1 Å². The van der Waals surface area contributed by atoms with Crippen LogP contribution in [0.15, 0.2) is 17.0 Å². The molecule has 0 spiro atoms. The van der Waals surface area contributed by atoms with Crippen molar-refractivity contribution < 1.29 is 17.2 Å². The van der Waals surface area contributed by atoms with Crippen LogP contribution in [-0.2, 0) is 10.0 Å². The predicted molar refractivity (Wildman–Crippen MR) is 126 cm³/mol. The first-order chi connectivity index (χ1) is 16.5. The largest absolute Gasteiger partial charge is 0.353 e. The van der Waals surface area contributed by atoms with Gasteiger partial charge in [-0.25, -0.2) is 26.4 Å². The number of aromatic nitrogens is 4. The molecule has 2 aliphatic rings. The van der Waals surface area contributed by atoms with Gasteiger partial charge in [-0.15, -0.1) is 10.2 Å². The summed E-state index contributed by atoms with van der Waals surface area (Å²) in [5.74, 6) is 0.491. The van der Waals surface area contributed by atoms with Crippen molar-refractivity contribution in [2.75, 3.05) is 18.0 Å². The zero-order valence-corrected chi connectivity index (χ0v) is 20.9. The number of nitrogens with zero attached hydrogens (tertiary/aromatic N) is 6. The summed E-state index contributed by atoms with van der Waals surface area (Å²) in [4.78, 5) is 2.02. The van der Waals surface area contributed by atoms with Crippen LogP contribution < -0.4 is 14.9 Å². The van der Waals surface area contributed by atoms with Crippen molar-refractivity contribution in [1.82, 2.24) is 29.9 Å². The van der Waals surface area contributed by atoms with Gasteiger partial charge >= 0.3 is 0 Å². The molecular formula is C21H24F2N8O2S2. The minimum Gasteiger partial charge on any atom is -0.353 e. The Labute approximate surface area is 205 Å². The molecule has 1 saturated carbocycles. The number of rotatable bonds is 6. The van der Waals surface area contributed by atoms with Gasteiger partial charge in [-0.1, -0.05) is 11.3 Å². The lowest BCUT2D eigenvalue weighted by Gasteiger charge is -2.37. The van der Waals surface area contributed by atoms with Gasteiger partial charge in [-0.05, 0) is 39.7 Å². The van der Waals surface area contributed by atoms with Gasteiger partial charge in [0.2, 0.25) is 10.0 Å². The third-order valence-electron chi connectivity index (χ3n) is 6.21. The molecule has 0 bridgehead atoms. The van der Waals surface area contributed by atoms with Crippen molar-refractivity contribution in [2.24, 2.45) is 0 Å². The second-order valence-corrected chi connectivity index (χ2v) is 12.2. The molecule has 4 heterocycles. The fourth-order valence-electron chi connectivity index (χ4n) is 4.38. The Hall–Kier alpha value is -2.73. The molecule has 3 aromatic heterocycles. The van der Waals surface area contributed by atoms with Crippen molar-refractivity contribution >= 4 is 32.7 Å². The van der Waals surface area contributed by atoms with Crippen molar-refractivity contribution in [2.45, 2.75) is 62.6 Å². The average molecular weight is 523 g/mol. The molecule has 186 valence electrons. The van der Waals surface area contributed by atoms with Gasteiger partial charge in [0.15, 0.2) is 15.7 Å². The molecule has 0 unspecified atom stereocenters. The summed E-state index contributed by atoms with van der Waals surface area (Å²) in [6.07, 6.45) is -1.33. The normalized spacial score (nSPS) is 22.0. The summed E-state index contributed by atoms with van der Waals surface area (Å²) < 4.78 is 57.4. The Bertz CT molecular complexity index is 1430. The van der Waals surface area contributed by atoms with Gasteiger partial charge in [0.25, 0.3) is 6.43 Å². The number of fused-ring (bicyclic) bond motifs is 1. The van der Waals surface area contributed by atoms with Gasteiger partial charge in [-0.2, -0.15) is 10.4 Å². The van der Waals surface area contributed by atoms with E-state index in [0.29, 0.717) is 30.2 Å². The number of piperazine rings is 1. The molecule has 5 rings (SSSR count). The molecule has 3 aromatic rings. The minimum atomic E-state index is -3.91. The number of hydrogen-bond donors (Lipinski definition) is 2. The lowest BCUT2D eigenvalue weighted by atomic mass is 10.1. The van der Waals surface area contributed by atoms with Gasteiger partial charge in [0, 0.05) is 36.8 Å². The minimum absolute atomic E-state index is 0.0104. The first-order valence-corrected chi connectivity index (χ1v) is 13.4. The first-order valence-electron chi connectivity index (χ1n) is 11.1. The quantitative estimate of drug-likeness (QED) is 0.506. The Morgan fingerprint density at radius 3 is 2.51 bits per heavy atom. The van der Waals surface area contributed by atoms with Crippen LogP contribution in [0.5, 0.6) is 0 Å². The van der Waals surface area contributed by atoms with Crippen LogP contribution in [-0.4, -0.2) is 58.9 Å². The highest BCUT2D eigenvalue weighted by atomic mass is 32.2. The maximum absolute atomic E-state index is 13.4. The Balaban J connectivity index is 1.74. The molecule has 2 N–H and O–H groups in total. The fourth-order valence-corrected chi connectivity index (χ4v) is 6.64. The number of hydrogen-bond acceptors (Lipinski definition) is 9. The molecule has 2 atom stereocenters. The summed E-state index contributed by atoms with van der Waals surface area (Å²) >= 11 is 0.653. The van der Waals surface area contributed by atoms with E-state index in [0.717, 1.165) is 12.8 Å². The Morgan fingerprint density at radius 2 is 1.94 bits per heavy atom. The van der Waals surface area contributed by atoms with Gasteiger partial charge in [-0.3, -0.25) is 0 Å². The maximum Gasteiger partial charge on any atom is 0.291 e. The Kier molecular flexibility index (Phi) is 5.78. The van der Waals surface area contributed by atoms with E-state index in [2.05, 4.69) is 25.3 Å². The highest BCUT2D eigenvalue weighted by Crippen LogP contribution is 2.39. The van der Waals surface area contributed by atoms with Crippen molar-refractivity contribution in [3.05, 3.63) is 22.8 Å². The Morgan fingerprint density at radius 1 is 1.26 bits per heavy atom. The molecule has 14 heteroatoms. The van der Waals surface area contributed by atoms with E-state index < -0.39 is 27.0 Å². The fraction of sp³-hybridized carbons (Fsp3) is 0.524. The predicted octanol–water partition coefficient (Wildman–Crippen LogP) is 2.68. The monoisotopic (exact) mass is 522 g/mol. The summed E-state index contributed by atoms with van der Waals surface area (Å²) in [6, 6.07) is 5.22. The second-order valence-electron chi connectivity index (χ2n) is 9.47. The number of nitriles is 1. The molecule has 1 saturated heterocycles. The van der Waals surface area contributed by atoms with Crippen LogP contribution in [0.3, 0.4) is 0 Å². The SMILES string of the molecule is C[C@H]1CN(c2cc(S(=O)(=O)NC3(C)CC3)cc3c(-c4nnc(C(F)F)s4)c(C#N)nn23)C[C@H](C)N1. The number of pyridine rings is 1. The van der Waals surface area contributed by atoms with E-state index >= 15 is 0 Å². The van der Waals surface area contributed by atoms with Crippen LogP contribution in [0, 0.1) is 11.3 Å². The summed E-state index contributed by atoms with van der Waals surface area (Å²) in [5.41, 5.74) is -0.0634. The number of halogens is 2. The third-order valence-corrected chi connectivity index (χ3v) is 8.77. The van der Waals surface area contributed by atoms with E-state index in [9.17, 15) is 22.5 Å². The summed E-state index contributed by atoms with van der Waals surface area (Å²) in [5, 5.41) is 24.7. The average Bonchev–Trinajstić information content (AvgIpc) is 3.18. The molecular weight excluding hydrogens is 498 g/mol. The third kappa shape index (κ3) is 4.49. The van der Waals surface area contributed by atoms with E-state index in [4.69, 9.17) is 0 Å². The van der Waals surface area contributed by atoms with E-state index in [1.165, 1.54) is 10.6 Å². The smallest absolute Gasteiger partial charge is 0.291 e. The van der Waals surface area contributed by atoms with Crippen molar-refractivity contribution in [3.63, 3.8) is 0 Å². The van der Waals surface area contributed by atoms with Gasteiger partial charge in [0.1, 0.15) is 11.9 Å². The number of anilines is 1. The van der Waals surface area contributed by atoms with Crippen LogP contribution in [0.4, 0.5) is 14.6 Å². The van der Waals surface area contributed by atoms with Crippen LogP contribution >= 0.6 is 11.3 Å². The van der Waals surface area contributed by atoms with E-state index in [-0.39, 0.29) is 38.8 Å². The number of nitrogens with one attached hydrogen (secondary N) is 2. The molecule has 0 amide bonds. The molecule has 2 fully saturated rings. The zero-order chi connectivity index (χ0) is 25.1. The number of sulfonamides is 1. The second kappa shape index (κ2) is 8.44. The van der Waals surface area contributed by atoms with E-state index in [1.54, 1.807) is 6.07 Å². The molecule has 1 aliphatic carbocycles. The zero-order valence-electron chi connectivity index (χ0n) is 19.3. The first kappa shape index (κ1) is 24.0. The molecule has 0 aromatic carbocycles.